The third-order valence-electron chi connectivity index (χ3n) is 2.35. The summed E-state index contributed by atoms with van der Waals surface area (Å²) in [4.78, 5) is 15.5. The van der Waals surface area contributed by atoms with E-state index in [-0.39, 0.29) is 5.91 Å². The first kappa shape index (κ1) is 13.9. The third kappa shape index (κ3) is 6.24. The average Bonchev–Trinajstić information content (AvgIpc) is 2.29. The molecule has 1 aromatic heterocycles. The third-order valence-corrected chi connectivity index (χ3v) is 2.58. The fourth-order valence-electron chi connectivity index (χ4n) is 1.46. The molecular weight excluding hydrogens is 238 g/mol. The van der Waals surface area contributed by atoms with E-state index in [4.69, 9.17) is 17.3 Å². The first-order valence-electron chi connectivity index (χ1n) is 5.84. The van der Waals surface area contributed by atoms with Gasteiger partial charge >= 0.3 is 0 Å². The van der Waals surface area contributed by atoms with E-state index in [1.54, 1.807) is 18.3 Å². The topological polar surface area (TPSA) is 68.0 Å². The number of anilines is 1. The van der Waals surface area contributed by atoms with E-state index in [0.717, 1.165) is 32.2 Å². The molecule has 1 amide bonds. The van der Waals surface area contributed by atoms with Gasteiger partial charge in [0.2, 0.25) is 5.91 Å². The summed E-state index contributed by atoms with van der Waals surface area (Å²) < 4.78 is 0. The molecule has 0 saturated carbocycles. The Hall–Kier alpha value is -1.13. The second kappa shape index (κ2) is 8.03. The summed E-state index contributed by atoms with van der Waals surface area (Å²) in [6, 6.07) is 3.30. The van der Waals surface area contributed by atoms with Gasteiger partial charge in [0.15, 0.2) is 0 Å². The number of unbranched alkanes of at least 4 members (excludes halogenated alkanes) is 3. The van der Waals surface area contributed by atoms with Crippen molar-refractivity contribution in [3.63, 3.8) is 0 Å². The highest BCUT2D eigenvalue weighted by atomic mass is 35.5. The number of hydrogen-bond donors (Lipinski definition) is 2. The summed E-state index contributed by atoms with van der Waals surface area (Å²) in [5.41, 5.74) is 5.39. The normalized spacial score (nSPS) is 10.2. The molecular formula is C12H18ClN3O. The van der Waals surface area contributed by atoms with Gasteiger partial charge in [-0.05, 0) is 31.5 Å². The van der Waals surface area contributed by atoms with E-state index in [9.17, 15) is 4.79 Å². The van der Waals surface area contributed by atoms with E-state index in [1.807, 2.05) is 0 Å². The molecule has 4 nitrogen and oxygen atoms in total. The molecule has 17 heavy (non-hydrogen) atoms. The molecule has 5 heteroatoms. The maximum atomic E-state index is 11.5. The molecule has 0 bridgehead atoms. The van der Waals surface area contributed by atoms with Crippen molar-refractivity contribution in [1.82, 2.24) is 4.98 Å². The molecule has 0 aliphatic carbocycles. The molecule has 0 unspecified atom stereocenters. The quantitative estimate of drug-likeness (QED) is 0.736. The molecule has 3 N–H and O–H groups in total. The van der Waals surface area contributed by atoms with Crippen LogP contribution in [-0.4, -0.2) is 17.4 Å². The van der Waals surface area contributed by atoms with Crippen LogP contribution in [-0.2, 0) is 4.79 Å². The number of hydrogen-bond acceptors (Lipinski definition) is 3. The fraction of sp³-hybridized carbons (Fsp3) is 0.500. The maximum absolute atomic E-state index is 11.5. The van der Waals surface area contributed by atoms with Crippen LogP contribution in [0.2, 0.25) is 5.02 Å². The molecule has 0 aromatic carbocycles. The van der Waals surface area contributed by atoms with Crippen molar-refractivity contribution in [3.05, 3.63) is 23.4 Å². The smallest absolute Gasteiger partial charge is 0.225 e. The van der Waals surface area contributed by atoms with Crippen LogP contribution < -0.4 is 11.1 Å². The first-order valence-corrected chi connectivity index (χ1v) is 6.21. The Morgan fingerprint density at radius 3 is 2.82 bits per heavy atom. The number of nitrogens with one attached hydrogen (secondary N) is 1. The van der Waals surface area contributed by atoms with Crippen LogP contribution >= 0.6 is 11.6 Å². The minimum atomic E-state index is -0.0208. The van der Waals surface area contributed by atoms with Crippen LogP contribution in [0.3, 0.4) is 0 Å². The van der Waals surface area contributed by atoms with Gasteiger partial charge in [0.25, 0.3) is 0 Å². The Bertz CT molecular complexity index is 357. The van der Waals surface area contributed by atoms with Crippen LogP contribution in [0.25, 0.3) is 0 Å². The molecule has 1 rings (SSSR count). The summed E-state index contributed by atoms with van der Waals surface area (Å²) in [5, 5.41) is 3.28. The molecule has 0 atom stereocenters. The zero-order chi connectivity index (χ0) is 12.5. The predicted octanol–water partition coefficient (Wildman–Crippen LogP) is 2.58. The van der Waals surface area contributed by atoms with Gasteiger partial charge in [-0.15, -0.1) is 0 Å². The lowest BCUT2D eigenvalue weighted by molar-refractivity contribution is -0.116. The van der Waals surface area contributed by atoms with Gasteiger partial charge in [0.1, 0.15) is 5.82 Å². The number of pyridine rings is 1. The van der Waals surface area contributed by atoms with Crippen molar-refractivity contribution < 1.29 is 4.79 Å². The Morgan fingerprint density at radius 2 is 2.12 bits per heavy atom. The standard InChI is InChI=1S/C12H18ClN3O/c13-10-6-8-15-11(9-10)16-12(17)5-3-1-2-4-7-14/h6,8-9H,1-5,7,14H2,(H,15,16,17). The van der Waals surface area contributed by atoms with Crippen molar-refractivity contribution in [2.45, 2.75) is 32.1 Å². The number of amides is 1. The largest absolute Gasteiger partial charge is 0.330 e. The fourth-order valence-corrected chi connectivity index (χ4v) is 1.62. The highest BCUT2D eigenvalue weighted by molar-refractivity contribution is 6.30. The Kier molecular flexibility index (Phi) is 6.58. The molecule has 1 heterocycles. The zero-order valence-corrected chi connectivity index (χ0v) is 10.5. The van der Waals surface area contributed by atoms with Crippen molar-refractivity contribution in [2.24, 2.45) is 5.73 Å². The lowest BCUT2D eigenvalue weighted by Crippen LogP contribution is -2.12. The number of rotatable bonds is 7. The predicted molar refractivity (Wildman–Crippen MR) is 70.0 cm³/mol. The summed E-state index contributed by atoms with van der Waals surface area (Å²) in [5.74, 6) is 0.483. The van der Waals surface area contributed by atoms with E-state index in [1.165, 1.54) is 0 Å². The van der Waals surface area contributed by atoms with Crippen LogP contribution in [0.5, 0.6) is 0 Å². The second-order valence-corrected chi connectivity index (χ2v) is 4.30. The van der Waals surface area contributed by atoms with E-state index < -0.39 is 0 Å². The Morgan fingerprint density at radius 1 is 1.35 bits per heavy atom. The maximum Gasteiger partial charge on any atom is 0.225 e. The summed E-state index contributed by atoms with van der Waals surface area (Å²) >= 11 is 5.79. The molecule has 0 saturated heterocycles. The van der Waals surface area contributed by atoms with E-state index >= 15 is 0 Å². The number of carbonyl (C=O) groups excluding carboxylic acids is 1. The van der Waals surface area contributed by atoms with Gasteiger partial charge in [-0.3, -0.25) is 4.79 Å². The summed E-state index contributed by atoms with van der Waals surface area (Å²) in [6.45, 7) is 0.721. The van der Waals surface area contributed by atoms with Crippen LogP contribution in [0.4, 0.5) is 5.82 Å². The number of nitrogens with two attached hydrogens (primary N) is 1. The molecule has 0 spiro atoms. The van der Waals surface area contributed by atoms with E-state index in [0.29, 0.717) is 17.3 Å². The van der Waals surface area contributed by atoms with Crippen LogP contribution in [0.15, 0.2) is 18.3 Å². The lowest BCUT2D eigenvalue weighted by atomic mass is 10.1. The van der Waals surface area contributed by atoms with Crippen molar-refractivity contribution in [1.29, 1.82) is 0 Å². The van der Waals surface area contributed by atoms with Crippen molar-refractivity contribution in [2.75, 3.05) is 11.9 Å². The minimum absolute atomic E-state index is 0.0208. The molecule has 1 aromatic rings. The number of halogens is 1. The molecule has 0 radical (unpaired) electrons. The van der Waals surface area contributed by atoms with E-state index in [2.05, 4.69) is 10.3 Å². The zero-order valence-electron chi connectivity index (χ0n) is 9.79. The Labute approximate surface area is 107 Å². The summed E-state index contributed by atoms with van der Waals surface area (Å²) in [7, 11) is 0. The number of carbonyl (C=O) groups is 1. The highest BCUT2D eigenvalue weighted by Crippen LogP contribution is 2.12. The number of nitrogens with zero attached hydrogens (tertiary/aromatic N) is 1. The van der Waals surface area contributed by atoms with Gasteiger partial charge in [-0.2, -0.15) is 0 Å². The van der Waals surface area contributed by atoms with Gasteiger partial charge in [0.05, 0.1) is 0 Å². The molecule has 0 aliphatic rings. The average molecular weight is 256 g/mol. The van der Waals surface area contributed by atoms with Gasteiger partial charge in [0, 0.05) is 17.6 Å². The Balaban J connectivity index is 2.21. The van der Waals surface area contributed by atoms with Gasteiger partial charge in [-0.25, -0.2) is 4.98 Å². The lowest BCUT2D eigenvalue weighted by Gasteiger charge is -2.04. The number of aromatic nitrogens is 1. The van der Waals surface area contributed by atoms with Crippen LogP contribution in [0.1, 0.15) is 32.1 Å². The highest BCUT2D eigenvalue weighted by Gasteiger charge is 2.03. The van der Waals surface area contributed by atoms with Crippen molar-refractivity contribution >= 4 is 23.3 Å². The van der Waals surface area contributed by atoms with Crippen molar-refractivity contribution in [3.8, 4) is 0 Å². The molecule has 0 aliphatic heterocycles. The van der Waals surface area contributed by atoms with Gasteiger partial charge < -0.3 is 11.1 Å². The SMILES string of the molecule is NCCCCCCC(=O)Nc1cc(Cl)ccn1. The molecule has 0 fully saturated rings. The monoisotopic (exact) mass is 255 g/mol. The van der Waals surface area contributed by atoms with Crippen LogP contribution in [0, 0.1) is 0 Å². The first-order chi connectivity index (χ1) is 8.22. The minimum Gasteiger partial charge on any atom is -0.330 e. The van der Waals surface area contributed by atoms with Gasteiger partial charge in [-0.1, -0.05) is 24.4 Å². The summed E-state index contributed by atoms with van der Waals surface area (Å²) in [6.07, 6.45) is 6.11. The second-order valence-electron chi connectivity index (χ2n) is 3.86. The molecule has 94 valence electrons.